The molecule has 4 rings (SSSR count). The first kappa shape index (κ1) is 24.5. The first-order valence-electron chi connectivity index (χ1n) is 10.5. The molecule has 0 spiro atoms. The average Bonchev–Trinajstić information content (AvgIpc) is 3.33. The summed E-state index contributed by atoms with van der Waals surface area (Å²) in [5.41, 5.74) is 1.61. The summed E-state index contributed by atoms with van der Waals surface area (Å²) in [4.78, 5) is 3.85. The number of hydrogen-bond donors (Lipinski definition) is 1. The molecule has 0 aliphatic rings. The first-order valence-corrected chi connectivity index (χ1v) is 13.2. The fourth-order valence-electron chi connectivity index (χ4n) is 3.22. The number of nitrogens with one attached hydrogen (secondary N) is 1. The standard InChI is InChI=1S/C25H20ClN3O4S2/c1-16(2)32-20-6-3-17(4-7-20)22-14-19(26)5-9-24(22)33-23-10-8-21(13-18(23)15-27)35(30,31)29-25-28-11-12-34-25/h3-14,16H,1-2H3,(H,28,29). The Morgan fingerprint density at radius 1 is 1.06 bits per heavy atom. The van der Waals surface area contributed by atoms with E-state index in [4.69, 9.17) is 21.1 Å². The van der Waals surface area contributed by atoms with Gasteiger partial charge in [-0.1, -0.05) is 23.7 Å². The van der Waals surface area contributed by atoms with E-state index >= 15 is 0 Å². The zero-order valence-electron chi connectivity index (χ0n) is 18.7. The highest BCUT2D eigenvalue weighted by Crippen LogP contribution is 2.37. The van der Waals surface area contributed by atoms with Gasteiger partial charge in [-0.25, -0.2) is 13.4 Å². The van der Waals surface area contributed by atoms with Gasteiger partial charge in [0.2, 0.25) is 0 Å². The number of benzene rings is 3. The summed E-state index contributed by atoms with van der Waals surface area (Å²) in [5.74, 6) is 1.41. The van der Waals surface area contributed by atoms with E-state index in [1.54, 1.807) is 23.6 Å². The second kappa shape index (κ2) is 10.4. The molecule has 10 heteroatoms. The Balaban J connectivity index is 1.65. The molecule has 0 aliphatic carbocycles. The minimum absolute atomic E-state index is 0.0545. The summed E-state index contributed by atoms with van der Waals surface area (Å²) in [7, 11) is -3.91. The molecule has 7 nitrogen and oxygen atoms in total. The topological polar surface area (TPSA) is 101 Å². The summed E-state index contributed by atoms with van der Waals surface area (Å²) in [6.45, 7) is 3.91. The molecule has 35 heavy (non-hydrogen) atoms. The van der Waals surface area contributed by atoms with Crippen LogP contribution in [0, 0.1) is 11.3 Å². The van der Waals surface area contributed by atoms with Gasteiger partial charge in [-0.2, -0.15) is 5.26 Å². The molecular weight excluding hydrogens is 506 g/mol. The number of sulfonamides is 1. The van der Waals surface area contributed by atoms with Crippen molar-refractivity contribution in [2.24, 2.45) is 0 Å². The maximum absolute atomic E-state index is 12.7. The maximum atomic E-state index is 12.7. The minimum atomic E-state index is -3.91. The van der Waals surface area contributed by atoms with Gasteiger partial charge in [-0.05, 0) is 67.9 Å². The van der Waals surface area contributed by atoms with Crippen molar-refractivity contribution in [2.45, 2.75) is 24.8 Å². The molecule has 0 atom stereocenters. The Kier molecular flexibility index (Phi) is 7.26. The molecule has 4 aromatic rings. The summed E-state index contributed by atoms with van der Waals surface area (Å²) in [6.07, 6.45) is 1.55. The van der Waals surface area contributed by atoms with Crippen LogP contribution in [-0.2, 0) is 10.0 Å². The molecule has 1 aromatic heterocycles. The molecule has 0 radical (unpaired) electrons. The molecule has 0 amide bonds. The van der Waals surface area contributed by atoms with E-state index < -0.39 is 10.0 Å². The van der Waals surface area contributed by atoms with Crippen molar-refractivity contribution in [3.63, 3.8) is 0 Å². The smallest absolute Gasteiger partial charge is 0.263 e. The van der Waals surface area contributed by atoms with E-state index in [1.807, 2.05) is 44.2 Å². The average molecular weight is 526 g/mol. The molecule has 3 aromatic carbocycles. The van der Waals surface area contributed by atoms with Crippen LogP contribution in [0.2, 0.25) is 5.02 Å². The highest BCUT2D eigenvalue weighted by Gasteiger charge is 2.19. The third-order valence-electron chi connectivity index (χ3n) is 4.73. The van der Waals surface area contributed by atoms with Crippen molar-refractivity contribution in [3.8, 4) is 34.4 Å². The molecule has 0 saturated carbocycles. The van der Waals surface area contributed by atoms with Crippen LogP contribution in [-0.4, -0.2) is 19.5 Å². The monoisotopic (exact) mass is 525 g/mol. The summed E-state index contributed by atoms with van der Waals surface area (Å²) < 4.78 is 39.5. The second-order valence-corrected chi connectivity index (χ2v) is 10.7. The zero-order valence-corrected chi connectivity index (χ0v) is 21.1. The van der Waals surface area contributed by atoms with E-state index in [0.29, 0.717) is 16.3 Å². The molecular formula is C25H20ClN3O4S2. The predicted molar refractivity (Wildman–Crippen MR) is 137 cm³/mol. The first-order chi connectivity index (χ1) is 16.7. The van der Waals surface area contributed by atoms with Crippen molar-refractivity contribution < 1.29 is 17.9 Å². The SMILES string of the molecule is CC(C)Oc1ccc(-c2cc(Cl)ccc2Oc2ccc(S(=O)(=O)Nc3nccs3)cc2C#N)cc1. The summed E-state index contributed by atoms with van der Waals surface area (Å²) >= 11 is 7.40. The molecule has 0 saturated heterocycles. The second-order valence-electron chi connectivity index (χ2n) is 7.65. The van der Waals surface area contributed by atoms with Crippen LogP contribution in [0.15, 0.2) is 77.1 Å². The number of thiazole rings is 1. The lowest BCUT2D eigenvalue weighted by atomic mass is 10.0. The minimum Gasteiger partial charge on any atom is -0.491 e. The fraction of sp³-hybridized carbons (Fsp3) is 0.120. The lowest BCUT2D eigenvalue weighted by molar-refractivity contribution is 0.242. The molecule has 0 bridgehead atoms. The highest BCUT2D eigenvalue weighted by atomic mass is 35.5. The van der Waals surface area contributed by atoms with Crippen molar-refractivity contribution in [3.05, 3.63) is 82.8 Å². The summed E-state index contributed by atoms with van der Waals surface area (Å²) in [6, 6.07) is 18.7. The van der Waals surface area contributed by atoms with E-state index in [1.165, 1.54) is 24.4 Å². The van der Waals surface area contributed by atoms with Crippen molar-refractivity contribution in [1.82, 2.24) is 4.98 Å². The number of anilines is 1. The van der Waals surface area contributed by atoms with Gasteiger partial charge in [0.15, 0.2) is 5.13 Å². The van der Waals surface area contributed by atoms with Crippen LogP contribution in [0.25, 0.3) is 11.1 Å². The Labute approximate surface area is 212 Å². The van der Waals surface area contributed by atoms with E-state index in [-0.39, 0.29) is 27.4 Å². The van der Waals surface area contributed by atoms with Gasteiger partial charge in [0.05, 0.1) is 16.6 Å². The van der Waals surface area contributed by atoms with Crippen LogP contribution < -0.4 is 14.2 Å². The number of hydrogen-bond acceptors (Lipinski definition) is 7. The number of aromatic nitrogens is 1. The third kappa shape index (κ3) is 5.92. The van der Waals surface area contributed by atoms with Crippen LogP contribution in [0.4, 0.5) is 5.13 Å². The number of nitriles is 1. The highest BCUT2D eigenvalue weighted by molar-refractivity contribution is 7.93. The Morgan fingerprint density at radius 3 is 2.46 bits per heavy atom. The molecule has 0 aliphatic heterocycles. The number of rotatable bonds is 8. The quantitative estimate of drug-likeness (QED) is 0.274. The number of halogens is 1. The maximum Gasteiger partial charge on any atom is 0.263 e. The Morgan fingerprint density at radius 2 is 1.80 bits per heavy atom. The van der Waals surface area contributed by atoms with E-state index in [0.717, 1.165) is 22.6 Å². The van der Waals surface area contributed by atoms with Gasteiger partial charge in [-0.3, -0.25) is 4.72 Å². The van der Waals surface area contributed by atoms with E-state index in [2.05, 4.69) is 9.71 Å². The summed E-state index contributed by atoms with van der Waals surface area (Å²) in [5, 5.41) is 12.1. The zero-order chi connectivity index (χ0) is 25.0. The lowest BCUT2D eigenvalue weighted by Gasteiger charge is -2.15. The molecule has 1 heterocycles. The van der Waals surface area contributed by atoms with Crippen molar-refractivity contribution in [2.75, 3.05) is 4.72 Å². The fourth-order valence-corrected chi connectivity index (χ4v) is 5.21. The van der Waals surface area contributed by atoms with Crippen LogP contribution >= 0.6 is 22.9 Å². The molecule has 178 valence electrons. The van der Waals surface area contributed by atoms with Gasteiger partial charge in [-0.15, -0.1) is 11.3 Å². The molecule has 0 fully saturated rings. The van der Waals surface area contributed by atoms with Crippen molar-refractivity contribution in [1.29, 1.82) is 5.26 Å². The van der Waals surface area contributed by atoms with Gasteiger partial charge in [0.1, 0.15) is 23.3 Å². The Bertz CT molecular complexity index is 1480. The van der Waals surface area contributed by atoms with Crippen LogP contribution in [0.1, 0.15) is 19.4 Å². The van der Waals surface area contributed by atoms with Gasteiger partial charge in [0, 0.05) is 22.2 Å². The van der Waals surface area contributed by atoms with Crippen LogP contribution in [0.3, 0.4) is 0 Å². The molecule has 1 N–H and O–H groups in total. The largest absolute Gasteiger partial charge is 0.491 e. The Hall–Kier alpha value is -3.58. The third-order valence-corrected chi connectivity index (χ3v) is 7.12. The van der Waals surface area contributed by atoms with Gasteiger partial charge < -0.3 is 9.47 Å². The normalized spacial score (nSPS) is 11.2. The number of nitrogens with zero attached hydrogens (tertiary/aromatic N) is 2. The number of ether oxygens (including phenoxy) is 2. The van der Waals surface area contributed by atoms with Gasteiger partial charge in [0.25, 0.3) is 10.0 Å². The van der Waals surface area contributed by atoms with E-state index in [9.17, 15) is 13.7 Å². The lowest BCUT2D eigenvalue weighted by Crippen LogP contribution is -2.13. The van der Waals surface area contributed by atoms with Crippen molar-refractivity contribution >= 4 is 38.1 Å². The predicted octanol–water partition coefficient (Wildman–Crippen LogP) is 6.72. The molecule has 0 unspecified atom stereocenters. The van der Waals surface area contributed by atoms with Crippen LogP contribution in [0.5, 0.6) is 17.2 Å². The van der Waals surface area contributed by atoms with Gasteiger partial charge >= 0.3 is 0 Å².